The van der Waals surface area contributed by atoms with Crippen molar-refractivity contribution in [1.29, 1.82) is 0 Å². The SMILES string of the molecule is CCC1(NCc2cccc3c2C(=O)N(C2CCC(=O)NC2=O)C3)CCNCC1. The quantitative estimate of drug-likeness (QED) is 0.661. The number of piperidine rings is 2. The number of carbonyl (C=O) groups excluding carboxylic acids is 3. The zero-order valence-electron chi connectivity index (χ0n) is 16.3. The molecule has 1 atom stereocenters. The Morgan fingerprint density at radius 1 is 1.21 bits per heavy atom. The van der Waals surface area contributed by atoms with Gasteiger partial charge in [-0.15, -0.1) is 0 Å². The first-order valence-corrected chi connectivity index (χ1v) is 10.2. The number of hydrogen-bond donors (Lipinski definition) is 3. The fourth-order valence-corrected chi connectivity index (χ4v) is 4.68. The summed E-state index contributed by atoms with van der Waals surface area (Å²) >= 11 is 0. The molecule has 3 aliphatic heterocycles. The van der Waals surface area contributed by atoms with Gasteiger partial charge in [-0.05, 0) is 49.9 Å². The third-order valence-corrected chi connectivity index (χ3v) is 6.53. The first kappa shape index (κ1) is 19.1. The molecule has 0 bridgehead atoms. The number of hydrogen-bond acceptors (Lipinski definition) is 5. The van der Waals surface area contributed by atoms with Gasteiger partial charge in [0.05, 0.1) is 0 Å². The molecule has 0 radical (unpaired) electrons. The van der Waals surface area contributed by atoms with Gasteiger partial charge in [-0.1, -0.05) is 25.1 Å². The van der Waals surface area contributed by atoms with Crippen molar-refractivity contribution in [2.75, 3.05) is 13.1 Å². The number of rotatable bonds is 5. The molecule has 1 aromatic carbocycles. The Balaban J connectivity index is 1.52. The van der Waals surface area contributed by atoms with E-state index in [-0.39, 0.29) is 29.7 Å². The summed E-state index contributed by atoms with van der Waals surface area (Å²) < 4.78 is 0. The van der Waals surface area contributed by atoms with E-state index in [2.05, 4.69) is 22.9 Å². The van der Waals surface area contributed by atoms with Gasteiger partial charge in [0.25, 0.3) is 5.91 Å². The molecule has 150 valence electrons. The van der Waals surface area contributed by atoms with Crippen LogP contribution in [0.1, 0.15) is 60.5 Å². The molecule has 4 rings (SSSR count). The van der Waals surface area contributed by atoms with Crippen LogP contribution in [0.25, 0.3) is 0 Å². The largest absolute Gasteiger partial charge is 0.322 e. The Bertz CT molecular complexity index is 801. The molecule has 7 heteroatoms. The molecule has 3 heterocycles. The molecule has 3 aliphatic rings. The van der Waals surface area contributed by atoms with Gasteiger partial charge in [-0.25, -0.2) is 0 Å². The predicted octanol–water partition coefficient (Wildman–Crippen LogP) is 1.07. The molecule has 2 saturated heterocycles. The van der Waals surface area contributed by atoms with Crippen LogP contribution in [0.3, 0.4) is 0 Å². The lowest BCUT2D eigenvalue weighted by atomic mass is 9.85. The smallest absolute Gasteiger partial charge is 0.255 e. The average Bonchev–Trinajstić information content (AvgIpc) is 3.04. The van der Waals surface area contributed by atoms with Gasteiger partial charge < -0.3 is 15.5 Å². The van der Waals surface area contributed by atoms with Crippen molar-refractivity contribution in [3.05, 3.63) is 34.9 Å². The normalized spacial score (nSPS) is 24.2. The summed E-state index contributed by atoms with van der Waals surface area (Å²) in [5, 5.41) is 9.49. The maximum Gasteiger partial charge on any atom is 0.255 e. The first-order chi connectivity index (χ1) is 13.5. The fourth-order valence-electron chi connectivity index (χ4n) is 4.68. The summed E-state index contributed by atoms with van der Waals surface area (Å²) in [6.07, 6.45) is 3.88. The van der Waals surface area contributed by atoms with E-state index in [0.29, 0.717) is 19.5 Å². The van der Waals surface area contributed by atoms with Crippen molar-refractivity contribution in [3.63, 3.8) is 0 Å². The van der Waals surface area contributed by atoms with Crippen molar-refractivity contribution in [2.24, 2.45) is 0 Å². The molecule has 28 heavy (non-hydrogen) atoms. The van der Waals surface area contributed by atoms with Crippen LogP contribution in [-0.4, -0.2) is 47.3 Å². The summed E-state index contributed by atoms with van der Waals surface area (Å²) in [7, 11) is 0. The highest BCUT2D eigenvalue weighted by Gasteiger charge is 2.40. The van der Waals surface area contributed by atoms with Crippen LogP contribution in [-0.2, 0) is 22.7 Å². The highest BCUT2D eigenvalue weighted by Crippen LogP contribution is 2.31. The topological polar surface area (TPSA) is 90.5 Å². The summed E-state index contributed by atoms with van der Waals surface area (Å²) in [5.74, 6) is -0.725. The van der Waals surface area contributed by atoms with E-state index in [4.69, 9.17) is 0 Å². The molecular weight excluding hydrogens is 356 g/mol. The first-order valence-electron chi connectivity index (χ1n) is 10.2. The second-order valence-electron chi connectivity index (χ2n) is 8.09. The predicted molar refractivity (Wildman–Crippen MR) is 104 cm³/mol. The number of nitrogens with one attached hydrogen (secondary N) is 3. The second kappa shape index (κ2) is 7.64. The number of fused-ring (bicyclic) bond motifs is 1. The van der Waals surface area contributed by atoms with Gasteiger partial charge >= 0.3 is 0 Å². The monoisotopic (exact) mass is 384 g/mol. The minimum atomic E-state index is -0.565. The lowest BCUT2D eigenvalue weighted by Gasteiger charge is -2.38. The van der Waals surface area contributed by atoms with Gasteiger partial charge in [0.2, 0.25) is 11.8 Å². The van der Waals surface area contributed by atoms with Crippen molar-refractivity contribution in [2.45, 2.75) is 63.7 Å². The van der Waals surface area contributed by atoms with E-state index in [1.807, 2.05) is 18.2 Å². The number of carbonyl (C=O) groups is 3. The summed E-state index contributed by atoms with van der Waals surface area (Å²) in [4.78, 5) is 38.5. The number of amides is 3. The van der Waals surface area contributed by atoms with Crippen LogP contribution in [0.15, 0.2) is 18.2 Å². The molecular formula is C21H28N4O3. The minimum absolute atomic E-state index is 0.0993. The van der Waals surface area contributed by atoms with E-state index in [9.17, 15) is 14.4 Å². The lowest BCUT2D eigenvalue weighted by molar-refractivity contribution is -0.136. The maximum atomic E-state index is 13.2. The van der Waals surface area contributed by atoms with E-state index in [1.54, 1.807) is 4.90 Å². The summed E-state index contributed by atoms with van der Waals surface area (Å²) in [5.41, 5.74) is 2.78. The molecule has 3 N–H and O–H groups in total. The van der Waals surface area contributed by atoms with Gasteiger partial charge in [-0.3, -0.25) is 19.7 Å². The van der Waals surface area contributed by atoms with Crippen molar-refractivity contribution in [3.8, 4) is 0 Å². The Morgan fingerprint density at radius 3 is 2.71 bits per heavy atom. The summed E-state index contributed by atoms with van der Waals surface area (Å²) in [6, 6.07) is 5.38. The number of benzene rings is 1. The standard InChI is InChI=1S/C21H28N4O3/c1-2-21(8-10-22-11-9-21)23-12-14-4-3-5-15-13-25(20(28)18(14)15)16-6-7-17(26)24-19(16)27/h3-5,16,22-23H,2,6-13H2,1H3,(H,24,26,27). The molecule has 3 amide bonds. The van der Waals surface area contributed by atoms with Crippen LogP contribution in [0.2, 0.25) is 0 Å². The highest BCUT2D eigenvalue weighted by molar-refractivity contribution is 6.05. The fraction of sp³-hybridized carbons (Fsp3) is 0.571. The molecule has 1 aromatic rings. The van der Waals surface area contributed by atoms with Crippen LogP contribution in [0.5, 0.6) is 0 Å². The zero-order valence-corrected chi connectivity index (χ0v) is 16.3. The number of nitrogens with zero attached hydrogens (tertiary/aromatic N) is 1. The van der Waals surface area contributed by atoms with Gasteiger partial charge in [0.15, 0.2) is 0 Å². The molecule has 0 aliphatic carbocycles. The minimum Gasteiger partial charge on any atom is -0.322 e. The Labute approximate surface area is 165 Å². The van der Waals surface area contributed by atoms with Gasteiger partial charge in [0, 0.05) is 30.6 Å². The van der Waals surface area contributed by atoms with E-state index >= 15 is 0 Å². The molecule has 0 saturated carbocycles. The van der Waals surface area contributed by atoms with E-state index < -0.39 is 6.04 Å². The Hall–Kier alpha value is -2.25. The van der Waals surface area contributed by atoms with Crippen LogP contribution >= 0.6 is 0 Å². The van der Waals surface area contributed by atoms with Crippen molar-refractivity contribution in [1.82, 2.24) is 20.9 Å². The summed E-state index contributed by atoms with van der Waals surface area (Å²) in [6.45, 7) is 5.30. The molecule has 0 spiro atoms. The van der Waals surface area contributed by atoms with E-state index in [0.717, 1.165) is 49.0 Å². The maximum absolute atomic E-state index is 13.2. The van der Waals surface area contributed by atoms with Gasteiger partial charge in [0.1, 0.15) is 6.04 Å². The Morgan fingerprint density at radius 2 is 2.00 bits per heavy atom. The van der Waals surface area contributed by atoms with Crippen LogP contribution in [0, 0.1) is 0 Å². The lowest BCUT2D eigenvalue weighted by Crippen LogP contribution is -2.52. The molecule has 1 unspecified atom stereocenters. The molecule has 0 aromatic heterocycles. The zero-order chi connectivity index (χ0) is 19.7. The average molecular weight is 384 g/mol. The second-order valence-corrected chi connectivity index (χ2v) is 8.09. The Kier molecular flexibility index (Phi) is 5.21. The third-order valence-electron chi connectivity index (χ3n) is 6.53. The van der Waals surface area contributed by atoms with Crippen molar-refractivity contribution < 1.29 is 14.4 Å². The van der Waals surface area contributed by atoms with Gasteiger partial charge in [-0.2, -0.15) is 0 Å². The van der Waals surface area contributed by atoms with Crippen LogP contribution in [0.4, 0.5) is 0 Å². The highest BCUT2D eigenvalue weighted by atomic mass is 16.2. The molecule has 2 fully saturated rings. The van der Waals surface area contributed by atoms with E-state index in [1.165, 1.54) is 0 Å². The van der Waals surface area contributed by atoms with Crippen LogP contribution < -0.4 is 16.0 Å². The third kappa shape index (κ3) is 3.44. The number of imide groups is 1. The van der Waals surface area contributed by atoms with Crippen molar-refractivity contribution >= 4 is 17.7 Å². The molecule has 7 nitrogen and oxygen atoms in total.